The number of furan rings is 1. The van der Waals surface area contributed by atoms with Crippen molar-refractivity contribution in [2.45, 2.75) is 0 Å². The Hall–Kier alpha value is -6.58. The SMILES string of the molecule is c1ccc(-c2ccc(-c3ccc(-c4ccc5c(c4)oc4cccc(-c6nc(-c7ccccc7)cc(-c7ccccc7)n6)c45)cc3)cc2)cc1. The lowest BCUT2D eigenvalue weighted by Crippen LogP contribution is -1.96. The van der Waals surface area contributed by atoms with Crippen LogP contribution in [-0.2, 0) is 0 Å². The van der Waals surface area contributed by atoms with Gasteiger partial charge in [-0.3, -0.25) is 0 Å². The molecule has 0 N–H and O–H groups in total. The summed E-state index contributed by atoms with van der Waals surface area (Å²) in [6, 6.07) is 63.2. The molecule has 230 valence electrons. The van der Waals surface area contributed by atoms with Crippen LogP contribution in [0.5, 0.6) is 0 Å². The fraction of sp³-hybridized carbons (Fsp3) is 0. The molecule has 0 spiro atoms. The first-order valence-electron chi connectivity index (χ1n) is 16.5. The molecule has 0 aliphatic rings. The number of fused-ring (bicyclic) bond motifs is 3. The van der Waals surface area contributed by atoms with E-state index in [1.54, 1.807) is 0 Å². The maximum atomic E-state index is 6.49. The summed E-state index contributed by atoms with van der Waals surface area (Å²) < 4.78 is 6.49. The van der Waals surface area contributed by atoms with Crippen molar-refractivity contribution < 1.29 is 4.42 Å². The number of nitrogens with zero attached hydrogens (tertiary/aromatic N) is 2. The summed E-state index contributed by atoms with van der Waals surface area (Å²) in [5.74, 6) is 0.671. The molecule has 3 heteroatoms. The third kappa shape index (κ3) is 5.48. The Balaban J connectivity index is 1.08. The van der Waals surface area contributed by atoms with Crippen LogP contribution in [0.25, 0.3) is 89.2 Å². The highest BCUT2D eigenvalue weighted by molar-refractivity contribution is 6.12. The molecule has 0 bridgehead atoms. The van der Waals surface area contributed by atoms with Crippen molar-refractivity contribution in [2.75, 3.05) is 0 Å². The van der Waals surface area contributed by atoms with Gasteiger partial charge in [0, 0.05) is 27.5 Å². The summed E-state index contributed by atoms with van der Waals surface area (Å²) in [4.78, 5) is 10.2. The molecule has 2 heterocycles. The summed E-state index contributed by atoms with van der Waals surface area (Å²) in [6.07, 6.45) is 0. The topological polar surface area (TPSA) is 38.9 Å². The molecule has 0 saturated carbocycles. The van der Waals surface area contributed by atoms with E-state index in [1.807, 2.05) is 54.6 Å². The average molecular weight is 627 g/mol. The van der Waals surface area contributed by atoms with E-state index >= 15 is 0 Å². The second-order valence-electron chi connectivity index (χ2n) is 12.2. The van der Waals surface area contributed by atoms with Gasteiger partial charge < -0.3 is 4.42 Å². The van der Waals surface area contributed by atoms with Crippen molar-refractivity contribution in [3.8, 4) is 67.3 Å². The first-order valence-corrected chi connectivity index (χ1v) is 16.5. The van der Waals surface area contributed by atoms with Gasteiger partial charge in [-0.25, -0.2) is 9.97 Å². The zero-order valence-corrected chi connectivity index (χ0v) is 26.6. The number of hydrogen-bond acceptors (Lipinski definition) is 3. The van der Waals surface area contributed by atoms with Crippen LogP contribution >= 0.6 is 0 Å². The van der Waals surface area contributed by atoms with Crippen LogP contribution in [0.2, 0.25) is 0 Å². The molecule has 0 fully saturated rings. The van der Waals surface area contributed by atoms with Crippen LogP contribution in [0, 0.1) is 0 Å². The maximum absolute atomic E-state index is 6.49. The van der Waals surface area contributed by atoms with Gasteiger partial charge in [0.1, 0.15) is 11.2 Å². The summed E-state index contributed by atoms with van der Waals surface area (Å²) >= 11 is 0. The number of benzene rings is 7. The Morgan fingerprint density at radius 2 is 0.776 bits per heavy atom. The minimum atomic E-state index is 0.671. The molecular weight excluding hydrogens is 597 g/mol. The Morgan fingerprint density at radius 1 is 0.327 bits per heavy atom. The third-order valence-electron chi connectivity index (χ3n) is 9.15. The summed E-state index contributed by atoms with van der Waals surface area (Å²) in [5.41, 5.74) is 13.5. The lowest BCUT2D eigenvalue weighted by atomic mass is 9.97. The number of rotatable bonds is 6. The van der Waals surface area contributed by atoms with Gasteiger partial charge in [0.15, 0.2) is 5.82 Å². The second kappa shape index (κ2) is 12.2. The molecule has 0 saturated heterocycles. The van der Waals surface area contributed by atoms with E-state index < -0.39 is 0 Å². The van der Waals surface area contributed by atoms with Crippen molar-refractivity contribution in [1.29, 1.82) is 0 Å². The van der Waals surface area contributed by atoms with Gasteiger partial charge in [-0.05, 0) is 57.6 Å². The lowest BCUT2D eigenvalue weighted by Gasteiger charge is -2.10. The van der Waals surface area contributed by atoms with Gasteiger partial charge in [-0.15, -0.1) is 0 Å². The van der Waals surface area contributed by atoms with Gasteiger partial charge in [0.05, 0.1) is 11.4 Å². The van der Waals surface area contributed by atoms with Crippen LogP contribution in [-0.4, -0.2) is 9.97 Å². The van der Waals surface area contributed by atoms with E-state index in [0.29, 0.717) is 5.82 Å². The minimum absolute atomic E-state index is 0.671. The summed E-state index contributed by atoms with van der Waals surface area (Å²) in [5, 5.41) is 2.06. The average Bonchev–Trinajstić information content (AvgIpc) is 3.57. The third-order valence-corrected chi connectivity index (χ3v) is 9.15. The van der Waals surface area contributed by atoms with E-state index in [0.717, 1.165) is 61.1 Å². The van der Waals surface area contributed by atoms with Gasteiger partial charge in [0.25, 0.3) is 0 Å². The number of hydrogen-bond donors (Lipinski definition) is 0. The molecule has 0 unspecified atom stereocenters. The zero-order valence-electron chi connectivity index (χ0n) is 26.6. The van der Waals surface area contributed by atoms with Crippen LogP contribution in [0.15, 0.2) is 186 Å². The highest BCUT2D eigenvalue weighted by Crippen LogP contribution is 2.39. The molecule has 2 aromatic heterocycles. The Labute approximate surface area is 284 Å². The Morgan fingerprint density at radius 3 is 1.31 bits per heavy atom. The normalized spacial score (nSPS) is 11.3. The smallest absolute Gasteiger partial charge is 0.161 e. The Kier molecular flexibility index (Phi) is 7.14. The molecule has 0 atom stereocenters. The first-order chi connectivity index (χ1) is 24.3. The molecule has 0 aliphatic heterocycles. The first kappa shape index (κ1) is 28.6. The quantitative estimate of drug-likeness (QED) is 0.184. The molecule has 0 aliphatic carbocycles. The van der Waals surface area contributed by atoms with Crippen molar-refractivity contribution >= 4 is 21.9 Å². The van der Waals surface area contributed by atoms with Crippen molar-refractivity contribution in [3.05, 3.63) is 182 Å². The van der Waals surface area contributed by atoms with E-state index in [4.69, 9.17) is 14.4 Å². The Bertz CT molecular complexity index is 2500. The van der Waals surface area contributed by atoms with Crippen LogP contribution < -0.4 is 0 Å². The minimum Gasteiger partial charge on any atom is -0.456 e. The van der Waals surface area contributed by atoms with Crippen LogP contribution in [0.3, 0.4) is 0 Å². The van der Waals surface area contributed by atoms with Crippen LogP contribution in [0.1, 0.15) is 0 Å². The van der Waals surface area contributed by atoms with Gasteiger partial charge >= 0.3 is 0 Å². The molecule has 49 heavy (non-hydrogen) atoms. The molecule has 0 radical (unpaired) electrons. The molecular formula is C46H30N2O. The standard InChI is InChI=1S/C46H30N2O/c1-4-11-31(12-5-1)32-19-21-33(22-20-32)34-23-25-35(26-24-34)38-27-28-39-44(29-38)49-43-18-10-17-40(45(39)43)46-47-41(36-13-6-2-7-14-36)30-42(48-46)37-15-8-3-9-16-37/h1-30H. The molecule has 7 aromatic carbocycles. The molecule has 9 aromatic rings. The largest absolute Gasteiger partial charge is 0.456 e. The monoisotopic (exact) mass is 626 g/mol. The zero-order chi connectivity index (χ0) is 32.6. The van der Waals surface area contributed by atoms with E-state index in [-0.39, 0.29) is 0 Å². The highest BCUT2D eigenvalue weighted by Gasteiger charge is 2.17. The molecule has 9 rings (SSSR count). The number of aromatic nitrogens is 2. The predicted octanol–water partition coefficient (Wildman–Crippen LogP) is 12.4. The maximum Gasteiger partial charge on any atom is 0.161 e. The van der Waals surface area contributed by atoms with E-state index in [2.05, 4.69) is 127 Å². The fourth-order valence-electron chi connectivity index (χ4n) is 6.61. The van der Waals surface area contributed by atoms with Crippen molar-refractivity contribution in [2.24, 2.45) is 0 Å². The van der Waals surface area contributed by atoms with Gasteiger partial charge in [0.2, 0.25) is 0 Å². The van der Waals surface area contributed by atoms with Crippen molar-refractivity contribution in [1.82, 2.24) is 9.97 Å². The molecule has 0 amide bonds. The van der Waals surface area contributed by atoms with E-state index in [1.165, 1.54) is 22.3 Å². The van der Waals surface area contributed by atoms with E-state index in [9.17, 15) is 0 Å². The summed E-state index contributed by atoms with van der Waals surface area (Å²) in [6.45, 7) is 0. The highest BCUT2D eigenvalue weighted by atomic mass is 16.3. The summed E-state index contributed by atoms with van der Waals surface area (Å²) in [7, 11) is 0. The van der Waals surface area contributed by atoms with Crippen LogP contribution in [0.4, 0.5) is 0 Å². The van der Waals surface area contributed by atoms with Crippen molar-refractivity contribution in [3.63, 3.8) is 0 Å². The van der Waals surface area contributed by atoms with Gasteiger partial charge in [-0.2, -0.15) is 0 Å². The van der Waals surface area contributed by atoms with Gasteiger partial charge in [-0.1, -0.05) is 158 Å². The molecule has 3 nitrogen and oxygen atoms in total. The fourth-order valence-corrected chi connectivity index (χ4v) is 6.61. The second-order valence-corrected chi connectivity index (χ2v) is 12.2. The lowest BCUT2D eigenvalue weighted by molar-refractivity contribution is 0.669. The predicted molar refractivity (Wildman–Crippen MR) is 202 cm³/mol.